The minimum atomic E-state index is -0.884. The number of fused-ring (bicyclic) bond motifs is 1. The van der Waals surface area contributed by atoms with Crippen LogP contribution in [0.2, 0.25) is 0 Å². The van der Waals surface area contributed by atoms with Crippen molar-refractivity contribution < 1.29 is 23.7 Å². The highest BCUT2D eigenvalue weighted by atomic mass is 16.8. The monoisotopic (exact) mass is 292 g/mol. The molecule has 2 aliphatic heterocycles. The molecular weight excluding hydrogens is 272 g/mol. The van der Waals surface area contributed by atoms with Gasteiger partial charge in [-0.1, -0.05) is 29.8 Å². The van der Waals surface area contributed by atoms with Gasteiger partial charge < -0.3 is 18.9 Å². The molecule has 2 aliphatic rings. The number of rotatable bonds is 3. The molecule has 5 heteroatoms. The van der Waals surface area contributed by atoms with Crippen molar-refractivity contribution >= 4 is 5.78 Å². The lowest BCUT2D eigenvalue weighted by Gasteiger charge is -2.28. The summed E-state index contributed by atoms with van der Waals surface area (Å²) in [4.78, 5) is 12.3. The summed E-state index contributed by atoms with van der Waals surface area (Å²) in [5.41, 5.74) is 2.19. The van der Waals surface area contributed by atoms with E-state index in [-0.39, 0.29) is 11.9 Å². The van der Waals surface area contributed by atoms with Gasteiger partial charge >= 0.3 is 0 Å². The molecule has 0 N–H and O–H groups in total. The first-order valence-electron chi connectivity index (χ1n) is 7.13. The van der Waals surface area contributed by atoms with Gasteiger partial charge in [-0.25, -0.2) is 0 Å². The molecule has 0 radical (unpaired) electrons. The number of hydrogen-bond acceptors (Lipinski definition) is 5. The van der Waals surface area contributed by atoms with Gasteiger partial charge in [-0.05, 0) is 26.3 Å². The maximum absolute atomic E-state index is 12.3. The van der Waals surface area contributed by atoms with E-state index >= 15 is 0 Å². The second-order valence-electron chi connectivity index (χ2n) is 5.96. The fraction of sp³-hybridized carbons (Fsp3) is 0.562. The zero-order valence-corrected chi connectivity index (χ0v) is 12.5. The Bertz CT molecular complexity index is 522. The van der Waals surface area contributed by atoms with Crippen molar-refractivity contribution in [3.63, 3.8) is 0 Å². The highest BCUT2D eigenvalue weighted by Crippen LogP contribution is 2.32. The molecule has 0 bridgehead atoms. The molecule has 0 unspecified atom stereocenters. The lowest BCUT2D eigenvalue weighted by Crippen LogP contribution is -2.49. The van der Waals surface area contributed by atoms with Crippen molar-refractivity contribution in [3.8, 4) is 0 Å². The smallest absolute Gasteiger partial charge is 0.221 e. The van der Waals surface area contributed by atoms with Crippen LogP contribution in [0.1, 0.15) is 25.0 Å². The van der Waals surface area contributed by atoms with Gasteiger partial charge in [0.1, 0.15) is 6.10 Å². The van der Waals surface area contributed by atoms with Crippen LogP contribution in [0, 0.1) is 6.92 Å². The highest BCUT2D eigenvalue weighted by molar-refractivity contribution is 5.87. The quantitative estimate of drug-likeness (QED) is 0.852. The Morgan fingerprint density at radius 1 is 1.24 bits per heavy atom. The van der Waals surface area contributed by atoms with Gasteiger partial charge in [0, 0.05) is 0 Å². The molecule has 1 aromatic rings. The van der Waals surface area contributed by atoms with Crippen LogP contribution in [0.5, 0.6) is 0 Å². The Kier molecular flexibility index (Phi) is 3.84. The Labute approximate surface area is 124 Å². The molecule has 2 fully saturated rings. The van der Waals surface area contributed by atoms with Crippen molar-refractivity contribution in [1.82, 2.24) is 0 Å². The first kappa shape index (κ1) is 14.7. The molecular formula is C16H20O5. The second-order valence-corrected chi connectivity index (χ2v) is 5.96. The fourth-order valence-corrected chi connectivity index (χ4v) is 2.58. The largest absolute Gasteiger partial charge is 0.343 e. The Balaban J connectivity index is 1.60. The van der Waals surface area contributed by atoms with E-state index in [0.717, 1.165) is 5.56 Å². The third-order valence-corrected chi connectivity index (χ3v) is 3.63. The number of carbonyl (C=O) groups excluding carboxylic acids is 1. The predicted molar refractivity (Wildman–Crippen MR) is 74.5 cm³/mol. The van der Waals surface area contributed by atoms with Crippen LogP contribution < -0.4 is 0 Å². The lowest BCUT2D eigenvalue weighted by atomic mass is 10.1. The average Bonchev–Trinajstić information content (AvgIpc) is 2.75. The second kappa shape index (κ2) is 5.50. The summed E-state index contributed by atoms with van der Waals surface area (Å²) in [7, 11) is 0. The number of benzene rings is 1. The van der Waals surface area contributed by atoms with Crippen LogP contribution in [0.3, 0.4) is 0 Å². The van der Waals surface area contributed by atoms with Gasteiger partial charge in [0.05, 0.1) is 13.2 Å². The maximum atomic E-state index is 12.3. The molecule has 3 atom stereocenters. The van der Waals surface area contributed by atoms with Gasteiger partial charge in [-0.2, -0.15) is 0 Å². The maximum Gasteiger partial charge on any atom is 0.221 e. The first-order valence-corrected chi connectivity index (χ1v) is 7.13. The summed E-state index contributed by atoms with van der Waals surface area (Å²) >= 11 is 0. The lowest BCUT2D eigenvalue weighted by molar-refractivity contribution is -0.200. The topological polar surface area (TPSA) is 54.0 Å². The van der Waals surface area contributed by atoms with Crippen LogP contribution in [0.4, 0.5) is 0 Å². The molecule has 114 valence electrons. The number of carbonyl (C=O) groups is 1. The van der Waals surface area contributed by atoms with Crippen LogP contribution in [-0.2, 0) is 30.3 Å². The van der Waals surface area contributed by atoms with Gasteiger partial charge in [0.15, 0.2) is 11.9 Å². The zero-order valence-electron chi connectivity index (χ0n) is 12.5. The van der Waals surface area contributed by atoms with Crippen molar-refractivity contribution in [1.29, 1.82) is 0 Å². The molecule has 0 aromatic heterocycles. The van der Waals surface area contributed by atoms with E-state index in [0.29, 0.717) is 13.2 Å². The van der Waals surface area contributed by atoms with E-state index in [1.54, 1.807) is 13.8 Å². The van der Waals surface area contributed by atoms with Gasteiger partial charge in [0.2, 0.25) is 12.1 Å². The normalized spacial score (nSPS) is 31.2. The third kappa shape index (κ3) is 3.16. The summed E-state index contributed by atoms with van der Waals surface area (Å²) in [6, 6.07) is 7.97. The molecule has 0 aliphatic carbocycles. The van der Waals surface area contributed by atoms with Crippen LogP contribution in [0.25, 0.3) is 0 Å². The average molecular weight is 292 g/mol. The summed E-state index contributed by atoms with van der Waals surface area (Å²) in [5, 5.41) is 0. The molecule has 21 heavy (non-hydrogen) atoms. The van der Waals surface area contributed by atoms with Gasteiger partial charge in [-0.15, -0.1) is 0 Å². The molecule has 1 aromatic carbocycles. The van der Waals surface area contributed by atoms with Crippen LogP contribution in [-0.4, -0.2) is 36.7 Å². The van der Waals surface area contributed by atoms with Crippen molar-refractivity contribution in [2.75, 3.05) is 6.61 Å². The minimum Gasteiger partial charge on any atom is -0.343 e. The van der Waals surface area contributed by atoms with Crippen LogP contribution >= 0.6 is 0 Å². The molecule has 0 amide bonds. The van der Waals surface area contributed by atoms with Gasteiger partial charge in [-0.3, -0.25) is 4.79 Å². The number of Topliss-reactive ketones (excluding diaryl/α,β-unsaturated/α-hetero) is 1. The molecule has 0 spiro atoms. The molecule has 0 saturated carbocycles. The predicted octanol–water partition coefficient (Wildman–Crippen LogP) is 1.96. The molecule has 2 heterocycles. The molecule has 3 rings (SSSR count). The van der Waals surface area contributed by atoms with E-state index in [4.69, 9.17) is 18.9 Å². The van der Waals surface area contributed by atoms with Gasteiger partial charge in [0.25, 0.3) is 0 Å². The van der Waals surface area contributed by atoms with E-state index in [1.807, 2.05) is 31.2 Å². The minimum absolute atomic E-state index is 0.205. The number of aryl methyl sites for hydroxylation is 1. The molecule has 2 saturated heterocycles. The molecule has 5 nitrogen and oxygen atoms in total. The fourth-order valence-electron chi connectivity index (χ4n) is 2.58. The van der Waals surface area contributed by atoms with E-state index in [9.17, 15) is 4.79 Å². The summed E-state index contributed by atoms with van der Waals surface area (Å²) in [6.45, 7) is 6.25. The zero-order chi connectivity index (χ0) is 15.0. The number of hydrogen-bond donors (Lipinski definition) is 0. The Hall–Kier alpha value is -1.27. The summed E-state index contributed by atoms with van der Waals surface area (Å²) in [6.07, 6.45) is -1.83. The Morgan fingerprint density at radius 2 is 1.95 bits per heavy atom. The van der Waals surface area contributed by atoms with Crippen molar-refractivity contribution in [3.05, 3.63) is 35.4 Å². The third-order valence-electron chi connectivity index (χ3n) is 3.63. The van der Waals surface area contributed by atoms with Crippen molar-refractivity contribution in [2.24, 2.45) is 0 Å². The first-order chi connectivity index (χ1) is 9.94. The van der Waals surface area contributed by atoms with Crippen LogP contribution in [0.15, 0.2) is 24.3 Å². The van der Waals surface area contributed by atoms with Crippen molar-refractivity contribution in [2.45, 2.75) is 51.7 Å². The summed E-state index contributed by atoms with van der Waals surface area (Å²) in [5.74, 6) is -0.954. The van der Waals surface area contributed by atoms with E-state index in [1.165, 1.54) is 5.56 Å². The van der Waals surface area contributed by atoms with E-state index < -0.39 is 18.2 Å². The Morgan fingerprint density at radius 3 is 2.67 bits per heavy atom. The SMILES string of the molecule is Cc1ccc(CO[C@H]2OC[C@@H]3OC(C)(C)O[C@@H]3C2=O)cc1. The number of ketones is 1. The standard InChI is InChI=1S/C16H20O5/c1-10-4-6-11(7-5-10)8-18-15-13(17)14-12(9-19-15)20-16(2,3)21-14/h4-7,12,14-15H,8-9H2,1-3H3/t12-,14-,15-/m0/s1. The highest BCUT2D eigenvalue weighted by Gasteiger charge is 2.50. The van der Waals surface area contributed by atoms with E-state index in [2.05, 4.69) is 0 Å². The number of ether oxygens (including phenoxy) is 4. The summed E-state index contributed by atoms with van der Waals surface area (Å²) < 4.78 is 22.3.